The Morgan fingerprint density at radius 2 is 2.17 bits per heavy atom. The number of hydrogen-bond acceptors (Lipinski definition) is 2. The SMILES string of the molecule is N#Cc1ccccc1C(O)CBr. The number of hydrogen-bond donors (Lipinski definition) is 1. The summed E-state index contributed by atoms with van der Waals surface area (Å²) in [6, 6.07) is 9.07. The minimum absolute atomic E-state index is 0.450. The molecule has 0 aliphatic rings. The van der Waals surface area contributed by atoms with Gasteiger partial charge in [0.2, 0.25) is 0 Å². The molecular weight excluding hydrogens is 218 g/mol. The van der Waals surface area contributed by atoms with Crippen LogP contribution in [0.1, 0.15) is 17.2 Å². The number of aliphatic hydroxyl groups is 1. The lowest BCUT2D eigenvalue weighted by atomic mass is 10.0. The first-order valence-corrected chi connectivity index (χ1v) is 4.64. The molecule has 0 amide bonds. The van der Waals surface area contributed by atoms with Crippen LogP contribution in [0.3, 0.4) is 0 Å². The first-order chi connectivity index (χ1) is 5.79. The van der Waals surface area contributed by atoms with Gasteiger partial charge in [-0.05, 0) is 11.6 Å². The van der Waals surface area contributed by atoms with Gasteiger partial charge in [0, 0.05) is 5.33 Å². The molecule has 1 aromatic carbocycles. The normalized spacial score (nSPS) is 12.1. The average Bonchev–Trinajstić information content (AvgIpc) is 2.16. The van der Waals surface area contributed by atoms with Crippen molar-refractivity contribution in [1.82, 2.24) is 0 Å². The smallest absolute Gasteiger partial charge is 0.0995 e. The first-order valence-electron chi connectivity index (χ1n) is 3.52. The molecule has 1 atom stereocenters. The molecule has 0 radical (unpaired) electrons. The number of aliphatic hydroxyl groups excluding tert-OH is 1. The van der Waals surface area contributed by atoms with Gasteiger partial charge in [0.15, 0.2) is 0 Å². The molecule has 3 heteroatoms. The fraction of sp³-hybridized carbons (Fsp3) is 0.222. The van der Waals surface area contributed by atoms with Gasteiger partial charge in [0.25, 0.3) is 0 Å². The highest BCUT2D eigenvalue weighted by Gasteiger charge is 2.09. The molecule has 0 saturated heterocycles. The van der Waals surface area contributed by atoms with E-state index in [1.165, 1.54) is 0 Å². The second-order valence-corrected chi connectivity index (χ2v) is 3.02. The van der Waals surface area contributed by atoms with Gasteiger partial charge in [0.05, 0.1) is 17.7 Å². The monoisotopic (exact) mass is 225 g/mol. The van der Waals surface area contributed by atoms with Crippen molar-refractivity contribution in [3.63, 3.8) is 0 Å². The van der Waals surface area contributed by atoms with Crippen LogP contribution in [-0.4, -0.2) is 10.4 Å². The van der Waals surface area contributed by atoms with E-state index >= 15 is 0 Å². The minimum Gasteiger partial charge on any atom is -0.387 e. The fourth-order valence-corrected chi connectivity index (χ4v) is 1.32. The maximum absolute atomic E-state index is 9.44. The van der Waals surface area contributed by atoms with E-state index in [1.807, 2.05) is 12.1 Å². The van der Waals surface area contributed by atoms with Crippen molar-refractivity contribution in [3.8, 4) is 6.07 Å². The predicted molar refractivity (Wildman–Crippen MR) is 49.9 cm³/mol. The van der Waals surface area contributed by atoms with Gasteiger partial charge in [-0.25, -0.2) is 0 Å². The molecule has 1 rings (SSSR count). The highest BCUT2D eigenvalue weighted by Crippen LogP contribution is 2.18. The molecule has 1 aromatic rings. The second-order valence-electron chi connectivity index (χ2n) is 2.37. The zero-order valence-electron chi connectivity index (χ0n) is 6.37. The summed E-state index contributed by atoms with van der Waals surface area (Å²) >= 11 is 3.16. The predicted octanol–water partition coefficient (Wildman–Crippen LogP) is 1.99. The van der Waals surface area contributed by atoms with Crippen molar-refractivity contribution in [2.45, 2.75) is 6.10 Å². The maximum atomic E-state index is 9.44. The third-order valence-corrected chi connectivity index (χ3v) is 2.20. The molecule has 0 bridgehead atoms. The summed E-state index contributed by atoms with van der Waals surface area (Å²) in [6.07, 6.45) is -0.596. The average molecular weight is 226 g/mol. The van der Waals surface area contributed by atoms with Crippen LogP contribution < -0.4 is 0 Å². The topological polar surface area (TPSA) is 44.0 Å². The molecule has 0 spiro atoms. The Labute approximate surface area is 79.6 Å². The van der Waals surface area contributed by atoms with E-state index in [2.05, 4.69) is 15.9 Å². The molecule has 1 N–H and O–H groups in total. The molecule has 62 valence electrons. The Balaban J connectivity index is 3.07. The highest BCUT2D eigenvalue weighted by molar-refractivity contribution is 9.09. The van der Waals surface area contributed by atoms with Gasteiger partial charge < -0.3 is 5.11 Å². The summed E-state index contributed by atoms with van der Waals surface area (Å²) in [5.41, 5.74) is 1.21. The van der Waals surface area contributed by atoms with Crippen LogP contribution in [0.5, 0.6) is 0 Å². The molecule has 0 fully saturated rings. The lowest BCUT2D eigenvalue weighted by Crippen LogP contribution is -2.00. The quantitative estimate of drug-likeness (QED) is 0.783. The first kappa shape index (κ1) is 9.24. The van der Waals surface area contributed by atoms with Crippen LogP contribution >= 0.6 is 15.9 Å². The van der Waals surface area contributed by atoms with E-state index in [1.54, 1.807) is 18.2 Å². The van der Waals surface area contributed by atoms with Gasteiger partial charge in [-0.15, -0.1) is 0 Å². The van der Waals surface area contributed by atoms with Crippen molar-refractivity contribution in [2.24, 2.45) is 0 Å². The lowest BCUT2D eigenvalue weighted by Gasteiger charge is -2.07. The Kier molecular flexibility index (Phi) is 3.27. The van der Waals surface area contributed by atoms with Crippen molar-refractivity contribution in [1.29, 1.82) is 5.26 Å². The number of halogens is 1. The van der Waals surface area contributed by atoms with Crippen LogP contribution in [0.2, 0.25) is 0 Å². The number of rotatable bonds is 2. The summed E-state index contributed by atoms with van der Waals surface area (Å²) in [7, 11) is 0. The summed E-state index contributed by atoms with van der Waals surface area (Å²) in [5.74, 6) is 0. The van der Waals surface area contributed by atoms with E-state index in [4.69, 9.17) is 5.26 Å². The van der Waals surface area contributed by atoms with Gasteiger partial charge in [-0.2, -0.15) is 5.26 Å². The molecule has 2 nitrogen and oxygen atoms in total. The standard InChI is InChI=1S/C9H8BrNO/c10-5-9(12)8-4-2-1-3-7(8)6-11/h1-4,9,12H,5H2. The Morgan fingerprint density at radius 1 is 1.50 bits per heavy atom. The Bertz CT molecular complexity index is 306. The van der Waals surface area contributed by atoms with Crippen LogP contribution in [0, 0.1) is 11.3 Å². The lowest BCUT2D eigenvalue weighted by molar-refractivity contribution is 0.205. The van der Waals surface area contributed by atoms with E-state index in [9.17, 15) is 5.11 Å². The second kappa shape index (κ2) is 4.24. The number of benzene rings is 1. The number of nitrogens with zero attached hydrogens (tertiary/aromatic N) is 1. The highest BCUT2D eigenvalue weighted by atomic mass is 79.9. The molecule has 1 unspecified atom stereocenters. The maximum Gasteiger partial charge on any atom is 0.0995 e. The number of alkyl halides is 1. The summed E-state index contributed by atoms with van der Waals surface area (Å²) in [6.45, 7) is 0. The Hall–Kier alpha value is -0.850. The summed E-state index contributed by atoms with van der Waals surface area (Å²) in [4.78, 5) is 0. The third kappa shape index (κ3) is 1.84. The van der Waals surface area contributed by atoms with Gasteiger partial charge >= 0.3 is 0 Å². The van der Waals surface area contributed by atoms with Crippen LogP contribution in [0.25, 0.3) is 0 Å². The van der Waals surface area contributed by atoms with Gasteiger partial charge in [-0.1, -0.05) is 34.1 Å². The zero-order chi connectivity index (χ0) is 8.97. The van der Waals surface area contributed by atoms with E-state index in [-0.39, 0.29) is 0 Å². The van der Waals surface area contributed by atoms with Gasteiger partial charge in [-0.3, -0.25) is 0 Å². The molecule has 0 aliphatic carbocycles. The summed E-state index contributed by atoms with van der Waals surface area (Å²) < 4.78 is 0. The van der Waals surface area contributed by atoms with Crippen molar-refractivity contribution in [3.05, 3.63) is 35.4 Å². The molecule has 12 heavy (non-hydrogen) atoms. The number of nitriles is 1. The van der Waals surface area contributed by atoms with Crippen molar-refractivity contribution in [2.75, 3.05) is 5.33 Å². The third-order valence-electron chi connectivity index (χ3n) is 1.59. The Morgan fingerprint density at radius 3 is 2.75 bits per heavy atom. The summed E-state index contributed by atoms with van der Waals surface area (Å²) in [5, 5.41) is 18.6. The zero-order valence-corrected chi connectivity index (χ0v) is 7.95. The van der Waals surface area contributed by atoms with Crippen molar-refractivity contribution < 1.29 is 5.11 Å². The van der Waals surface area contributed by atoms with E-state index < -0.39 is 6.10 Å². The largest absolute Gasteiger partial charge is 0.387 e. The van der Waals surface area contributed by atoms with E-state index in [0.29, 0.717) is 16.5 Å². The molecule has 0 heterocycles. The van der Waals surface area contributed by atoms with Crippen LogP contribution in [-0.2, 0) is 0 Å². The molecular formula is C9H8BrNO. The molecule has 0 saturated carbocycles. The minimum atomic E-state index is -0.596. The van der Waals surface area contributed by atoms with Crippen molar-refractivity contribution >= 4 is 15.9 Å². The fourth-order valence-electron chi connectivity index (χ4n) is 0.973. The molecule has 0 aromatic heterocycles. The van der Waals surface area contributed by atoms with E-state index in [0.717, 1.165) is 0 Å². The van der Waals surface area contributed by atoms with Crippen LogP contribution in [0.15, 0.2) is 24.3 Å². The molecule has 0 aliphatic heterocycles. The van der Waals surface area contributed by atoms with Gasteiger partial charge in [0.1, 0.15) is 0 Å². The van der Waals surface area contributed by atoms with Crippen LogP contribution in [0.4, 0.5) is 0 Å².